The third kappa shape index (κ3) is 3.78. The minimum absolute atomic E-state index is 1.36. The first-order valence-electron chi connectivity index (χ1n) is 5.40. The van der Waals surface area contributed by atoms with Crippen molar-refractivity contribution in [1.82, 2.24) is 0 Å². The summed E-state index contributed by atoms with van der Waals surface area (Å²) >= 11 is 0. The van der Waals surface area contributed by atoms with E-state index in [-0.39, 0.29) is 0 Å². The zero-order chi connectivity index (χ0) is 10.2. The standard InChI is InChI=1S/C10H22N.CN/c1-3-5-8-11(4-2)9-6-7-10-11;1-2/h3-10H2,1-2H3;/q+1;-1. The average molecular weight is 182 g/mol. The van der Waals surface area contributed by atoms with E-state index in [0.29, 0.717) is 0 Å². The lowest BCUT2D eigenvalue weighted by molar-refractivity contribution is -0.915. The lowest BCUT2D eigenvalue weighted by Gasteiger charge is -2.32. The molecular weight excluding hydrogens is 160 g/mol. The summed E-state index contributed by atoms with van der Waals surface area (Å²) in [6.07, 6.45) is 5.73. The summed E-state index contributed by atoms with van der Waals surface area (Å²) in [7, 11) is 0. The number of quaternary nitrogens is 1. The Bertz CT molecular complexity index is 134. The van der Waals surface area contributed by atoms with E-state index < -0.39 is 0 Å². The maximum Gasteiger partial charge on any atom is 0.0788 e. The normalized spacial score (nSPS) is 19.1. The summed E-state index contributed by atoms with van der Waals surface area (Å²) in [4.78, 5) is 0. The Morgan fingerprint density at radius 1 is 1.15 bits per heavy atom. The number of nitrogens with zero attached hydrogens (tertiary/aromatic N) is 2. The van der Waals surface area contributed by atoms with Crippen molar-refractivity contribution in [3.8, 4) is 0 Å². The van der Waals surface area contributed by atoms with Crippen molar-refractivity contribution >= 4 is 0 Å². The molecule has 0 atom stereocenters. The third-order valence-electron chi connectivity index (χ3n) is 3.17. The molecule has 0 aromatic heterocycles. The van der Waals surface area contributed by atoms with Crippen LogP contribution in [-0.4, -0.2) is 30.7 Å². The molecule has 0 amide bonds. The second-order valence-corrected chi connectivity index (χ2v) is 3.89. The average Bonchev–Trinajstić information content (AvgIpc) is 2.67. The molecule has 0 aliphatic carbocycles. The zero-order valence-electron chi connectivity index (χ0n) is 9.05. The second-order valence-electron chi connectivity index (χ2n) is 3.89. The molecule has 0 unspecified atom stereocenters. The van der Waals surface area contributed by atoms with E-state index in [1.807, 2.05) is 0 Å². The van der Waals surface area contributed by atoms with Gasteiger partial charge in [-0.1, -0.05) is 13.3 Å². The predicted octanol–water partition coefficient (Wildman–Crippen LogP) is 2.51. The van der Waals surface area contributed by atoms with Gasteiger partial charge in [0.05, 0.1) is 26.2 Å². The van der Waals surface area contributed by atoms with Crippen LogP contribution >= 0.6 is 0 Å². The Hall–Kier alpha value is -0.550. The number of hydrogen-bond donors (Lipinski definition) is 0. The van der Waals surface area contributed by atoms with Crippen molar-refractivity contribution in [1.29, 1.82) is 5.26 Å². The van der Waals surface area contributed by atoms with Crippen LogP contribution < -0.4 is 0 Å². The topological polar surface area (TPSA) is 23.8 Å². The summed E-state index contributed by atoms with van der Waals surface area (Å²) in [6, 6.07) is 0. The molecule has 2 nitrogen and oxygen atoms in total. The van der Waals surface area contributed by atoms with Gasteiger partial charge in [-0.25, -0.2) is 0 Å². The SMILES string of the molecule is CCCC[N+]1(CC)CCCC1.[C-]#N. The van der Waals surface area contributed by atoms with Gasteiger partial charge in [-0.15, -0.1) is 0 Å². The Morgan fingerprint density at radius 3 is 2.08 bits per heavy atom. The van der Waals surface area contributed by atoms with Gasteiger partial charge in [0.1, 0.15) is 0 Å². The number of unbranched alkanes of at least 4 members (excludes halogenated alkanes) is 1. The molecule has 13 heavy (non-hydrogen) atoms. The molecule has 1 aliphatic rings. The summed E-state index contributed by atoms with van der Waals surface area (Å²) in [5, 5.41) is 6.25. The minimum Gasteiger partial charge on any atom is -0.512 e. The van der Waals surface area contributed by atoms with Crippen LogP contribution in [0.15, 0.2) is 0 Å². The molecule has 0 saturated carbocycles. The Balaban J connectivity index is 0.000000671. The second kappa shape index (κ2) is 6.91. The van der Waals surface area contributed by atoms with Crippen molar-refractivity contribution in [3.63, 3.8) is 0 Å². The highest BCUT2D eigenvalue weighted by molar-refractivity contribution is 4.53. The van der Waals surface area contributed by atoms with Gasteiger partial charge in [-0.3, -0.25) is 0 Å². The molecule has 1 aliphatic heterocycles. The lowest BCUT2D eigenvalue weighted by Crippen LogP contribution is -2.45. The highest BCUT2D eigenvalue weighted by atomic mass is 15.4. The van der Waals surface area contributed by atoms with Gasteiger partial charge in [0.15, 0.2) is 0 Å². The van der Waals surface area contributed by atoms with Crippen molar-refractivity contribution in [3.05, 3.63) is 6.57 Å². The smallest absolute Gasteiger partial charge is 0.0788 e. The van der Waals surface area contributed by atoms with Crippen molar-refractivity contribution in [2.24, 2.45) is 0 Å². The predicted molar refractivity (Wildman–Crippen MR) is 54.5 cm³/mol. The van der Waals surface area contributed by atoms with Crippen molar-refractivity contribution in [2.75, 3.05) is 26.2 Å². The molecule has 1 saturated heterocycles. The lowest BCUT2D eigenvalue weighted by atomic mass is 10.3. The molecule has 1 fully saturated rings. The van der Waals surface area contributed by atoms with Crippen LogP contribution in [0.5, 0.6) is 0 Å². The highest BCUT2D eigenvalue weighted by Gasteiger charge is 2.28. The van der Waals surface area contributed by atoms with Crippen LogP contribution in [0, 0.1) is 11.8 Å². The maximum atomic E-state index is 6.25. The zero-order valence-corrected chi connectivity index (χ0v) is 9.05. The molecule has 2 heteroatoms. The molecule has 0 aromatic carbocycles. The van der Waals surface area contributed by atoms with Crippen LogP contribution in [0.1, 0.15) is 39.5 Å². The Morgan fingerprint density at radius 2 is 1.69 bits per heavy atom. The van der Waals surface area contributed by atoms with Crippen LogP contribution in [0.4, 0.5) is 0 Å². The van der Waals surface area contributed by atoms with Gasteiger partial charge in [0.2, 0.25) is 0 Å². The van der Waals surface area contributed by atoms with Crippen LogP contribution in [-0.2, 0) is 0 Å². The van der Waals surface area contributed by atoms with E-state index in [0.717, 1.165) is 0 Å². The van der Waals surface area contributed by atoms with Crippen molar-refractivity contribution < 1.29 is 4.48 Å². The van der Waals surface area contributed by atoms with E-state index >= 15 is 0 Å². The van der Waals surface area contributed by atoms with Gasteiger partial charge in [0.25, 0.3) is 0 Å². The van der Waals surface area contributed by atoms with Gasteiger partial charge < -0.3 is 16.3 Å². The van der Waals surface area contributed by atoms with E-state index in [1.54, 1.807) is 0 Å². The first kappa shape index (κ1) is 12.4. The fraction of sp³-hybridized carbons (Fsp3) is 0.909. The Kier molecular flexibility index (Phi) is 6.62. The van der Waals surface area contributed by atoms with Crippen LogP contribution in [0.2, 0.25) is 0 Å². The molecular formula is C11H22N2. The summed E-state index contributed by atoms with van der Waals surface area (Å²) < 4.78 is 1.42. The van der Waals surface area contributed by atoms with Gasteiger partial charge in [-0.2, -0.15) is 0 Å². The van der Waals surface area contributed by atoms with Crippen LogP contribution in [0.25, 0.3) is 0 Å². The van der Waals surface area contributed by atoms with Gasteiger partial charge in [-0.05, 0) is 13.3 Å². The fourth-order valence-electron chi connectivity index (χ4n) is 2.20. The maximum absolute atomic E-state index is 6.25. The minimum atomic E-state index is 1.36. The monoisotopic (exact) mass is 182 g/mol. The van der Waals surface area contributed by atoms with E-state index in [2.05, 4.69) is 13.8 Å². The largest absolute Gasteiger partial charge is 0.512 e. The molecule has 0 bridgehead atoms. The molecule has 0 N–H and O–H groups in total. The third-order valence-corrected chi connectivity index (χ3v) is 3.17. The van der Waals surface area contributed by atoms with Gasteiger partial charge >= 0.3 is 0 Å². The summed E-state index contributed by atoms with van der Waals surface area (Å²) in [5.41, 5.74) is 0. The van der Waals surface area contributed by atoms with Crippen molar-refractivity contribution in [2.45, 2.75) is 39.5 Å². The van der Waals surface area contributed by atoms with Crippen LogP contribution in [0.3, 0.4) is 0 Å². The highest BCUT2D eigenvalue weighted by Crippen LogP contribution is 2.19. The van der Waals surface area contributed by atoms with E-state index in [4.69, 9.17) is 11.8 Å². The summed E-state index contributed by atoms with van der Waals surface area (Å²) in [5.74, 6) is 0. The molecule has 0 spiro atoms. The Labute approximate surface area is 82.8 Å². The van der Waals surface area contributed by atoms with E-state index in [1.165, 1.54) is 56.3 Å². The fourth-order valence-corrected chi connectivity index (χ4v) is 2.20. The van der Waals surface area contributed by atoms with Gasteiger partial charge in [0, 0.05) is 12.8 Å². The molecule has 1 heterocycles. The number of rotatable bonds is 4. The molecule has 0 radical (unpaired) electrons. The molecule has 0 aromatic rings. The molecule has 1 rings (SSSR count). The number of hydrogen-bond acceptors (Lipinski definition) is 1. The number of likely N-dealkylation sites (tertiary alicyclic amines) is 1. The first-order chi connectivity index (χ1) is 6.33. The van der Waals surface area contributed by atoms with E-state index in [9.17, 15) is 0 Å². The first-order valence-corrected chi connectivity index (χ1v) is 5.40. The molecule has 76 valence electrons. The summed E-state index contributed by atoms with van der Waals surface area (Å²) in [6.45, 7) is 15.1. The quantitative estimate of drug-likeness (QED) is 0.484.